The maximum absolute atomic E-state index is 13.0. The first-order valence-electron chi connectivity index (χ1n) is 8.91. The average Bonchev–Trinajstić information content (AvgIpc) is 2.72. The molecule has 2 aromatic carbocycles. The number of carbonyl (C=O) groups is 1. The number of rotatable bonds is 4. The van der Waals surface area contributed by atoms with Crippen molar-refractivity contribution >= 4 is 28.0 Å². The number of ether oxygens (including phenoxy) is 1. The van der Waals surface area contributed by atoms with Crippen LogP contribution in [-0.4, -0.2) is 18.0 Å². The average molecular weight is 392 g/mol. The summed E-state index contributed by atoms with van der Waals surface area (Å²) in [5, 5.41) is 3.32. The lowest BCUT2D eigenvalue weighted by Crippen LogP contribution is -2.24. The first kappa shape index (κ1) is 18.6. The number of aromatic nitrogens is 1. The number of pyridine rings is 1. The van der Waals surface area contributed by atoms with Crippen molar-refractivity contribution in [1.29, 1.82) is 0 Å². The van der Waals surface area contributed by atoms with Crippen LogP contribution in [0.1, 0.15) is 21.6 Å². The van der Waals surface area contributed by atoms with Gasteiger partial charge in [0.15, 0.2) is 0 Å². The molecular weight excluding hydrogens is 375 g/mol. The highest BCUT2D eigenvalue weighted by atomic mass is 19.1. The zero-order valence-electron chi connectivity index (χ0n) is 15.8. The van der Waals surface area contributed by atoms with Gasteiger partial charge in [-0.05, 0) is 48.9 Å². The third kappa shape index (κ3) is 3.54. The van der Waals surface area contributed by atoms with Crippen LogP contribution in [0.2, 0.25) is 0 Å². The zero-order chi connectivity index (χ0) is 20.5. The van der Waals surface area contributed by atoms with E-state index in [1.807, 2.05) is 0 Å². The summed E-state index contributed by atoms with van der Waals surface area (Å²) >= 11 is 0. The SMILES string of the molecule is COc1ccc2oc3nc(C)c(C(=O)NCc4ccc(F)cc4)cc3c(=O)c2c1. The molecule has 7 heteroatoms. The summed E-state index contributed by atoms with van der Waals surface area (Å²) < 4.78 is 23.9. The van der Waals surface area contributed by atoms with Crippen LogP contribution in [0.4, 0.5) is 4.39 Å². The van der Waals surface area contributed by atoms with E-state index in [2.05, 4.69) is 10.3 Å². The van der Waals surface area contributed by atoms with Crippen molar-refractivity contribution in [3.05, 3.63) is 81.4 Å². The van der Waals surface area contributed by atoms with Gasteiger partial charge < -0.3 is 14.5 Å². The van der Waals surface area contributed by atoms with Crippen LogP contribution in [0.3, 0.4) is 0 Å². The van der Waals surface area contributed by atoms with Crippen LogP contribution in [-0.2, 0) is 6.54 Å². The maximum atomic E-state index is 13.0. The fourth-order valence-corrected chi connectivity index (χ4v) is 3.09. The lowest BCUT2D eigenvalue weighted by atomic mass is 10.1. The summed E-state index contributed by atoms with van der Waals surface area (Å²) in [6.45, 7) is 1.89. The van der Waals surface area contributed by atoms with E-state index in [4.69, 9.17) is 9.15 Å². The van der Waals surface area contributed by atoms with Gasteiger partial charge in [0.25, 0.3) is 5.91 Å². The van der Waals surface area contributed by atoms with E-state index in [0.717, 1.165) is 5.56 Å². The molecule has 0 fully saturated rings. The fourth-order valence-electron chi connectivity index (χ4n) is 3.09. The molecule has 4 rings (SSSR count). The summed E-state index contributed by atoms with van der Waals surface area (Å²) in [4.78, 5) is 29.9. The number of nitrogens with zero attached hydrogens (tertiary/aromatic N) is 1. The number of hydrogen-bond donors (Lipinski definition) is 1. The number of aryl methyl sites for hydroxylation is 1. The molecule has 0 bridgehead atoms. The number of halogens is 1. The van der Waals surface area contributed by atoms with Gasteiger partial charge in [-0.15, -0.1) is 0 Å². The second kappa shape index (κ2) is 7.35. The molecule has 0 unspecified atom stereocenters. The first-order chi connectivity index (χ1) is 14.0. The van der Waals surface area contributed by atoms with Gasteiger partial charge in [0.2, 0.25) is 11.1 Å². The van der Waals surface area contributed by atoms with Crippen molar-refractivity contribution in [2.45, 2.75) is 13.5 Å². The van der Waals surface area contributed by atoms with E-state index >= 15 is 0 Å². The topological polar surface area (TPSA) is 81.4 Å². The molecule has 29 heavy (non-hydrogen) atoms. The van der Waals surface area contributed by atoms with Gasteiger partial charge in [0.05, 0.1) is 29.1 Å². The Hall–Kier alpha value is -3.74. The van der Waals surface area contributed by atoms with E-state index in [0.29, 0.717) is 22.4 Å². The van der Waals surface area contributed by atoms with Crippen molar-refractivity contribution in [3.63, 3.8) is 0 Å². The lowest BCUT2D eigenvalue weighted by molar-refractivity contribution is 0.0950. The van der Waals surface area contributed by atoms with Gasteiger partial charge >= 0.3 is 0 Å². The van der Waals surface area contributed by atoms with Crippen molar-refractivity contribution in [2.24, 2.45) is 0 Å². The molecule has 4 aromatic rings. The Labute approximate surface area is 164 Å². The molecule has 0 atom stereocenters. The fraction of sp³-hybridized carbons (Fsp3) is 0.136. The number of carbonyl (C=O) groups excluding carboxylic acids is 1. The monoisotopic (exact) mass is 392 g/mol. The standard InChI is InChI=1S/C22H17FN2O4/c1-12-16(21(27)24-11-13-3-5-14(23)6-4-13)10-18-20(26)17-9-15(28-2)7-8-19(17)29-22(18)25-12/h3-10H,11H2,1-2H3,(H,24,27). The van der Waals surface area contributed by atoms with Crippen molar-refractivity contribution < 1.29 is 18.3 Å². The van der Waals surface area contributed by atoms with Crippen LogP contribution in [0.25, 0.3) is 22.1 Å². The summed E-state index contributed by atoms with van der Waals surface area (Å²) in [6.07, 6.45) is 0. The summed E-state index contributed by atoms with van der Waals surface area (Å²) in [7, 11) is 1.51. The summed E-state index contributed by atoms with van der Waals surface area (Å²) in [5.74, 6) is -0.196. The minimum atomic E-state index is -0.383. The molecular formula is C22H17FN2O4. The number of benzene rings is 2. The molecule has 2 aromatic heterocycles. The van der Waals surface area contributed by atoms with Crippen LogP contribution >= 0.6 is 0 Å². The van der Waals surface area contributed by atoms with Crippen molar-refractivity contribution in [3.8, 4) is 5.75 Å². The van der Waals surface area contributed by atoms with Gasteiger partial charge in [0.1, 0.15) is 17.1 Å². The number of fused-ring (bicyclic) bond motifs is 2. The molecule has 6 nitrogen and oxygen atoms in total. The third-order valence-corrected chi connectivity index (χ3v) is 4.67. The lowest BCUT2D eigenvalue weighted by Gasteiger charge is -2.09. The molecule has 1 N–H and O–H groups in total. The van der Waals surface area contributed by atoms with E-state index in [9.17, 15) is 14.0 Å². The highest BCUT2D eigenvalue weighted by Crippen LogP contribution is 2.23. The van der Waals surface area contributed by atoms with Gasteiger partial charge in [-0.2, -0.15) is 0 Å². The first-order valence-corrected chi connectivity index (χ1v) is 8.91. The molecule has 146 valence electrons. The Morgan fingerprint density at radius 2 is 1.90 bits per heavy atom. The molecule has 0 aliphatic rings. The number of hydrogen-bond acceptors (Lipinski definition) is 5. The summed E-state index contributed by atoms with van der Waals surface area (Å²) in [5.41, 5.74) is 1.73. The van der Waals surface area contributed by atoms with Gasteiger partial charge in [-0.25, -0.2) is 9.37 Å². The third-order valence-electron chi connectivity index (χ3n) is 4.67. The number of amides is 1. The van der Waals surface area contributed by atoms with Crippen molar-refractivity contribution in [2.75, 3.05) is 7.11 Å². The smallest absolute Gasteiger partial charge is 0.253 e. The Bertz CT molecular complexity index is 1300. The number of methoxy groups -OCH3 is 1. The van der Waals surface area contributed by atoms with E-state index in [-0.39, 0.29) is 40.4 Å². The van der Waals surface area contributed by atoms with Crippen LogP contribution in [0.15, 0.2) is 57.7 Å². The predicted molar refractivity (Wildman–Crippen MR) is 107 cm³/mol. The highest BCUT2D eigenvalue weighted by molar-refractivity contribution is 5.99. The van der Waals surface area contributed by atoms with Crippen LogP contribution in [0.5, 0.6) is 5.75 Å². The number of nitrogens with one attached hydrogen (secondary N) is 1. The quantitative estimate of drug-likeness (QED) is 0.535. The molecule has 1 amide bonds. The second-order valence-electron chi connectivity index (χ2n) is 6.58. The van der Waals surface area contributed by atoms with Crippen molar-refractivity contribution in [1.82, 2.24) is 10.3 Å². The van der Waals surface area contributed by atoms with Gasteiger partial charge in [-0.1, -0.05) is 12.1 Å². The Morgan fingerprint density at radius 1 is 1.14 bits per heavy atom. The minimum absolute atomic E-state index is 0.167. The molecule has 0 saturated heterocycles. The van der Waals surface area contributed by atoms with E-state index in [1.54, 1.807) is 37.3 Å². The normalized spacial score (nSPS) is 11.0. The Morgan fingerprint density at radius 3 is 2.62 bits per heavy atom. The van der Waals surface area contributed by atoms with E-state index in [1.165, 1.54) is 25.3 Å². The Kier molecular flexibility index (Phi) is 4.72. The predicted octanol–water partition coefficient (Wildman–Crippen LogP) is 3.73. The van der Waals surface area contributed by atoms with Crippen LogP contribution < -0.4 is 15.5 Å². The second-order valence-corrected chi connectivity index (χ2v) is 6.58. The minimum Gasteiger partial charge on any atom is -0.497 e. The molecule has 2 heterocycles. The summed E-state index contributed by atoms with van der Waals surface area (Å²) in [6, 6.07) is 12.3. The largest absolute Gasteiger partial charge is 0.497 e. The highest BCUT2D eigenvalue weighted by Gasteiger charge is 2.16. The Balaban J connectivity index is 1.72. The molecule has 0 aliphatic carbocycles. The van der Waals surface area contributed by atoms with Gasteiger partial charge in [0, 0.05) is 6.54 Å². The molecule has 0 spiro atoms. The maximum Gasteiger partial charge on any atom is 0.253 e. The van der Waals surface area contributed by atoms with Crippen LogP contribution in [0, 0.1) is 12.7 Å². The molecule has 0 aliphatic heterocycles. The molecule has 0 radical (unpaired) electrons. The zero-order valence-corrected chi connectivity index (χ0v) is 15.8. The van der Waals surface area contributed by atoms with E-state index < -0.39 is 0 Å². The molecule has 0 saturated carbocycles. The van der Waals surface area contributed by atoms with Gasteiger partial charge in [-0.3, -0.25) is 9.59 Å².